The molecule has 2 heterocycles. The van der Waals surface area contributed by atoms with Crippen LogP contribution in [0.5, 0.6) is 0 Å². The molecule has 0 aliphatic rings. The topological polar surface area (TPSA) is 52.7 Å². The van der Waals surface area contributed by atoms with Crippen LogP contribution >= 0.6 is 0 Å². The molecule has 5 rings (SSSR count). The Balaban J connectivity index is 1.61. The number of hydrogen-bond donors (Lipinski definition) is 0. The molecule has 5 aromatic rings. The molecule has 0 N–H and O–H groups in total. The molecule has 148 valence electrons. The van der Waals surface area contributed by atoms with E-state index in [1.807, 2.05) is 89.5 Å². The van der Waals surface area contributed by atoms with Crippen molar-refractivity contribution in [3.8, 4) is 29.0 Å². The number of fused-ring (bicyclic) bond motifs is 1. The van der Waals surface area contributed by atoms with Gasteiger partial charge < -0.3 is 0 Å². The van der Waals surface area contributed by atoms with Crippen LogP contribution in [0.3, 0.4) is 0 Å². The summed E-state index contributed by atoms with van der Waals surface area (Å²) in [6.07, 6.45) is 0. The lowest BCUT2D eigenvalue weighted by molar-refractivity contribution is 0.651. The summed E-state index contributed by atoms with van der Waals surface area (Å²) >= 11 is 0. The average molecular weight is 402 g/mol. The second kappa shape index (κ2) is 8.13. The van der Waals surface area contributed by atoms with E-state index in [1.54, 1.807) is 6.07 Å². The zero-order chi connectivity index (χ0) is 21.0. The molecule has 0 saturated carbocycles. The van der Waals surface area contributed by atoms with Crippen LogP contribution in [0.4, 0.5) is 0 Å². The average Bonchev–Trinajstić information content (AvgIpc) is 3.21. The Kier molecular flexibility index (Phi) is 4.88. The summed E-state index contributed by atoms with van der Waals surface area (Å²) in [6, 6.07) is 30.8. The van der Waals surface area contributed by atoms with Crippen molar-refractivity contribution >= 4 is 11.0 Å². The van der Waals surface area contributed by atoms with Crippen molar-refractivity contribution in [1.82, 2.24) is 19.3 Å². The SMILES string of the molecule is O=c1ccc(-n2c(-c3ccccc3)nc3ccccc32)nn1CC#Cc1ccccc1. The minimum atomic E-state index is -0.197. The van der Waals surface area contributed by atoms with E-state index >= 15 is 0 Å². The fourth-order valence-electron chi connectivity index (χ4n) is 3.45. The number of nitrogens with zero attached hydrogens (tertiary/aromatic N) is 4. The lowest BCUT2D eigenvalue weighted by atomic mass is 10.2. The van der Waals surface area contributed by atoms with Crippen molar-refractivity contribution < 1.29 is 0 Å². The van der Waals surface area contributed by atoms with Crippen molar-refractivity contribution in [2.45, 2.75) is 6.54 Å². The third kappa shape index (κ3) is 3.75. The van der Waals surface area contributed by atoms with Crippen LogP contribution < -0.4 is 5.56 Å². The summed E-state index contributed by atoms with van der Waals surface area (Å²) in [7, 11) is 0. The Bertz CT molecular complexity index is 1470. The highest BCUT2D eigenvalue weighted by atomic mass is 16.1. The van der Waals surface area contributed by atoms with Gasteiger partial charge in [-0.05, 0) is 30.3 Å². The van der Waals surface area contributed by atoms with Crippen molar-refractivity contribution in [3.05, 3.63) is 113 Å². The highest BCUT2D eigenvalue weighted by molar-refractivity contribution is 5.82. The molecule has 0 atom stereocenters. The van der Waals surface area contributed by atoms with E-state index in [2.05, 4.69) is 16.9 Å². The second-order valence-electron chi connectivity index (χ2n) is 6.98. The summed E-state index contributed by atoms with van der Waals surface area (Å²) in [5.41, 5.74) is 3.47. The molecule has 0 unspecified atom stereocenters. The predicted octanol–water partition coefficient (Wildman–Crippen LogP) is 4.30. The number of aromatic nitrogens is 4. The molecular formula is C26H18N4O. The molecule has 31 heavy (non-hydrogen) atoms. The van der Waals surface area contributed by atoms with Gasteiger partial charge in [-0.2, -0.15) is 5.10 Å². The Morgan fingerprint density at radius 1 is 0.774 bits per heavy atom. The Morgan fingerprint density at radius 3 is 2.29 bits per heavy atom. The van der Waals surface area contributed by atoms with Gasteiger partial charge in [0.1, 0.15) is 12.4 Å². The van der Waals surface area contributed by atoms with Gasteiger partial charge in [0, 0.05) is 17.2 Å². The molecule has 0 aliphatic carbocycles. The van der Waals surface area contributed by atoms with Crippen LogP contribution in [0.1, 0.15) is 5.56 Å². The summed E-state index contributed by atoms with van der Waals surface area (Å²) in [5.74, 6) is 7.51. The van der Waals surface area contributed by atoms with Crippen molar-refractivity contribution in [1.29, 1.82) is 0 Å². The minimum absolute atomic E-state index is 0.197. The molecular weight excluding hydrogens is 384 g/mol. The number of para-hydroxylation sites is 2. The van der Waals surface area contributed by atoms with Crippen molar-refractivity contribution in [2.24, 2.45) is 0 Å². The van der Waals surface area contributed by atoms with Gasteiger partial charge in [-0.1, -0.05) is 72.5 Å². The number of rotatable bonds is 3. The fraction of sp³-hybridized carbons (Fsp3) is 0.0385. The van der Waals surface area contributed by atoms with Crippen molar-refractivity contribution in [2.75, 3.05) is 0 Å². The molecule has 5 nitrogen and oxygen atoms in total. The quantitative estimate of drug-likeness (QED) is 0.423. The van der Waals surface area contributed by atoms with E-state index in [4.69, 9.17) is 4.98 Å². The van der Waals surface area contributed by atoms with Gasteiger partial charge in [0.2, 0.25) is 0 Å². The predicted molar refractivity (Wildman–Crippen MR) is 122 cm³/mol. The second-order valence-corrected chi connectivity index (χ2v) is 6.98. The van der Waals surface area contributed by atoms with E-state index in [0.717, 1.165) is 28.0 Å². The molecule has 5 heteroatoms. The molecule has 0 bridgehead atoms. The molecule has 0 amide bonds. The highest BCUT2D eigenvalue weighted by Gasteiger charge is 2.15. The number of benzene rings is 3. The maximum atomic E-state index is 12.4. The van der Waals surface area contributed by atoms with E-state index in [9.17, 15) is 4.79 Å². The molecule has 0 spiro atoms. The van der Waals surface area contributed by atoms with Gasteiger partial charge in [-0.15, -0.1) is 0 Å². The molecule has 0 fully saturated rings. The van der Waals surface area contributed by atoms with Crippen LogP contribution in [0.2, 0.25) is 0 Å². The Morgan fingerprint density at radius 2 is 1.48 bits per heavy atom. The maximum Gasteiger partial charge on any atom is 0.267 e. The summed E-state index contributed by atoms with van der Waals surface area (Å²) in [6.45, 7) is 0.203. The normalized spacial score (nSPS) is 10.6. The Labute approximate surface area is 179 Å². The third-order valence-corrected chi connectivity index (χ3v) is 4.91. The van der Waals surface area contributed by atoms with Crippen LogP contribution in [0.15, 0.2) is 102 Å². The van der Waals surface area contributed by atoms with Gasteiger partial charge in [0.15, 0.2) is 5.82 Å². The largest absolute Gasteiger partial charge is 0.275 e. The van der Waals surface area contributed by atoms with Gasteiger partial charge >= 0.3 is 0 Å². The maximum absolute atomic E-state index is 12.4. The van der Waals surface area contributed by atoms with Gasteiger partial charge in [0.05, 0.1) is 11.0 Å². The first-order valence-electron chi connectivity index (χ1n) is 9.95. The van der Waals surface area contributed by atoms with Crippen molar-refractivity contribution in [3.63, 3.8) is 0 Å². The smallest absolute Gasteiger partial charge is 0.267 e. The lowest BCUT2D eigenvalue weighted by Gasteiger charge is -2.10. The minimum Gasteiger partial charge on any atom is -0.275 e. The molecule has 0 radical (unpaired) electrons. The summed E-state index contributed by atoms with van der Waals surface area (Å²) in [5, 5.41) is 4.61. The van der Waals surface area contributed by atoms with Gasteiger partial charge in [-0.3, -0.25) is 9.36 Å². The molecule has 3 aromatic carbocycles. The number of hydrogen-bond acceptors (Lipinski definition) is 3. The monoisotopic (exact) mass is 402 g/mol. The molecule has 2 aromatic heterocycles. The summed E-state index contributed by atoms with van der Waals surface area (Å²) in [4.78, 5) is 17.2. The third-order valence-electron chi connectivity index (χ3n) is 4.91. The van der Waals surface area contributed by atoms with E-state index < -0.39 is 0 Å². The number of imidazole rings is 1. The van der Waals surface area contributed by atoms with E-state index in [0.29, 0.717) is 5.82 Å². The standard InChI is InChI=1S/C26H18N4O/c31-25-18-17-24(28-29(25)19-9-12-20-10-3-1-4-11-20)30-23-16-8-7-15-22(23)27-26(30)21-13-5-2-6-14-21/h1-8,10-11,13-18H,19H2. The van der Waals surface area contributed by atoms with Crippen LogP contribution in [-0.4, -0.2) is 19.3 Å². The van der Waals surface area contributed by atoms with Crippen LogP contribution in [-0.2, 0) is 6.54 Å². The highest BCUT2D eigenvalue weighted by Crippen LogP contribution is 2.27. The molecule has 0 aliphatic heterocycles. The lowest BCUT2D eigenvalue weighted by Crippen LogP contribution is -2.23. The van der Waals surface area contributed by atoms with Crippen LogP contribution in [0.25, 0.3) is 28.2 Å². The molecule has 0 saturated heterocycles. The Hall–Kier alpha value is -4.43. The first-order chi connectivity index (χ1) is 15.3. The zero-order valence-electron chi connectivity index (χ0n) is 16.6. The van der Waals surface area contributed by atoms with E-state index in [-0.39, 0.29) is 12.1 Å². The first-order valence-corrected chi connectivity index (χ1v) is 9.95. The summed E-state index contributed by atoms with van der Waals surface area (Å²) < 4.78 is 3.36. The fourth-order valence-corrected chi connectivity index (χ4v) is 3.45. The first kappa shape index (κ1) is 18.6. The van der Waals surface area contributed by atoms with Gasteiger partial charge in [-0.25, -0.2) is 9.67 Å². The van der Waals surface area contributed by atoms with E-state index in [1.165, 1.54) is 10.7 Å². The van der Waals surface area contributed by atoms with Crippen LogP contribution in [0, 0.1) is 11.8 Å². The van der Waals surface area contributed by atoms with Gasteiger partial charge in [0.25, 0.3) is 5.56 Å². The zero-order valence-corrected chi connectivity index (χ0v) is 16.6.